The lowest BCUT2D eigenvalue weighted by molar-refractivity contribution is 0.0919. The van der Waals surface area contributed by atoms with E-state index in [9.17, 15) is 4.79 Å². The van der Waals surface area contributed by atoms with Crippen LogP contribution in [0.3, 0.4) is 0 Å². The van der Waals surface area contributed by atoms with Gasteiger partial charge in [-0.25, -0.2) is 4.79 Å². The average Bonchev–Trinajstić information content (AvgIpc) is 2.49. The van der Waals surface area contributed by atoms with E-state index < -0.39 is 0 Å². The van der Waals surface area contributed by atoms with E-state index in [1.54, 1.807) is 6.20 Å². The molecule has 0 fully saturated rings. The van der Waals surface area contributed by atoms with Gasteiger partial charge in [-0.05, 0) is 24.5 Å². The van der Waals surface area contributed by atoms with Crippen molar-refractivity contribution in [3.63, 3.8) is 0 Å². The highest BCUT2D eigenvalue weighted by atomic mass is 16.6. The van der Waals surface area contributed by atoms with Gasteiger partial charge in [0, 0.05) is 6.20 Å². The van der Waals surface area contributed by atoms with Crippen LogP contribution in [0, 0.1) is 5.41 Å². The summed E-state index contributed by atoms with van der Waals surface area (Å²) in [5.41, 5.74) is 1.14. The molecule has 5 heteroatoms. The number of allylic oxidation sites excluding steroid dienone is 1. The second kappa shape index (κ2) is 6.73. The standard InChI is InChI=1S/C17H24N2O3/c1-12(17(2,3)4)9-18-16(20)19-10-13-11-21-14-7-5-6-8-15(14)22-13/h5-9,13H,10-11H2,1-4H3,(H2,18,19,20)/b12-9+. The smallest absolute Gasteiger partial charge is 0.318 e. The van der Waals surface area contributed by atoms with Crippen molar-refractivity contribution < 1.29 is 14.3 Å². The molecule has 0 bridgehead atoms. The van der Waals surface area contributed by atoms with Crippen LogP contribution in [0.25, 0.3) is 0 Å². The van der Waals surface area contributed by atoms with Crippen LogP contribution in [0.1, 0.15) is 27.7 Å². The lowest BCUT2D eigenvalue weighted by atomic mass is 9.88. The zero-order valence-corrected chi connectivity index (χ0v) is 13.6. The first-order valence-electron chi connectivity index (χ1n) is 7.46. The third-order valence-corrected chi connectivity index (χ3v) is 3.66. The van der Waals surface area contributed by atoms with E-state index >= 15 is 0 Å². The second-order valence-corrected chi connectivity index (χ2v) is 6.43. The molecule has 1 atom stereocenters. The van der Waals surface area contributed by atoms with E-state index in [-0.39, 0.29) is 17.6 Å². The van der Waals surface area contributed by atoms with E-state index in [0.717, 1.165) is 11.3 Å². The third-order valence-electron chi connectivity index (χ3n) is 3.66. The fourth-order valence-electron chi connectivity index (χ4n) is 1.81. The van der Waals surface area contributed by atoms with Crippen LogP contribution in [0.4, 0.5) is 4.79 Å². The largest absolute Gasteiger partial charge is 0.486 e. The second-order valence-electron chi connectivity index (χ2n) is 6.43. The summed E-state index contributed by atoms with van der Waals surface area (Å²) in [6.07, 6.45) is 1.55. The lowest BCUT2D eigenvalue weighted by Crippen LogP contribution is -2.43. The molecule has 1 heterocycles. The van der Waals surface area contributed by atoms with Crippen molar-refractivity contribution in [3.8, 4) is 11.5 Å². The minimum absolute atomic E-state index is 0.0390. The van der Waals surface area contributed by atoms with Crippen LogP contribution in [-0.2, 0) is 0 Å². The maximum absolute atomic E-state index is 11.8. The number of carbonyl (C=O) groups excluding carboxylic acids is 1. The van der Waals surface area contributed by atoms with Crippen molar-refractivity contribution in [3.05, 3.63) is 36.0 Å². The Bertz CT molecular complexity index is 561. The van der Waals surface area contributed by atoms with Crippen LogP contribution in [0.15, 0.2) is 36.0 Å². The first-order chi connectivity index (χ1) is 10.4. The number of benzene rings is 1. The molecule has 1 unspecified atom stereocenters. The maximum atomic E-state index is 11.8. The summed E-state index contributed by atoms with van der Waals surface area (Å²) in [6.45, 7) is 9.11. The van der Waals surface area contributed by atoms with Crippen LogP contribution in [0.5, 0.6) is 11.5 Å². The van der Waals surface area contributed by atoms with Gasteiger partial charge in [-0.15, -0.1) is 0 Å². The Morgan fingerprint density at radius 1 is 1.32 bits per heavy atom. The monoisotopic (exact) mass is 304 g/mol. The molecule has 1 aliphatic rings. The predicted octanol–water partition coefficient (Wildman–Crippen LogP) is 3.08. The van der Waals surface area contributed by atoms with Crippen molar-refractivity contribution in [2.24, 2.45) is 5.41 Å². The molecule has 5 nitrogen and oxygen atoms in total. The number of rotatable bonds is 3. The van der Waals surface area contributed by atoms with E-state index in [4.69, 9.17) is 9.47 Å². The van der Waals surface area contributed by atoms with E-state index in [1.165, 1.54) is 0 Å². The molecule has 0 saturated heterocycles. The predicted molar refractivity (Wildman–Crippen MR) is 86.1 cm³/mol. The van der Waals surface area contributed by atoms with Gasteiger partial charge in [-0.1, -0.05) is 38.5 Å². The minimum Gasteiger partial charge on any atom is -0.486 e. The van der Waals surface area contributed by atoms with Crippen molar-refractivity contribution in [1.82, 2.24) is 10.6 Å². The number of hydrogen-bond donors (Lipinski definition) is 2. The quantitative estimate of drug-likeness (QED) is 0.902. The van der Waals surface area contributed by atoms with Crippen molar-refractivity contribution in [2.75, 3.05) is 13.2 Å². The molecule has 2 rings (SSSR count). The molecule has 0 radical (unpaired) electrons. The Kier molecular flexibility index (Phi) is 4.96. The van der Waals surface area contributed by atoms with Gasteiger partial charge < -0.3 is 20.1 Å². The Balaban J connectivity index is 1.78. The summed E-state index contributed by atoms with van der Waals surface area (Å²) in [5, 5.41) is 5.53. The summed E-state index contributed by atoms with van der Waals surface area (Å²) < 4.78 is 11.4. The molecular weight excluding hydrogens is 280 g/mol. The van der Waals surface area contributed by atoms with Gasteiger partial charge in [0.1, 0.15) is 6.61 Å². The molecule has 22 heavy (non-hydrogen) atoms. The summed E-state index contributed by atoms with van der Waals surface area (Å²) in [5.74, 6) is 1.45. The molecule has 1 aromatic carbocycles. The van der Waals surface area contributed by atoms with Gasteiger partial charge in [0.05, 0.1) is 6.54 Å². The highest BCUT2D eigenvalue weighted by molar-refractivity contribution is 5.75. The molecule has 2 N–H and O–H groups in total. The summed E-state index contributed by atoms with van der Waals surface area (Å²) in [4.78, 5) is 11.8. The zero-order valence-electron chi connectivity index (χ0n) is 13.6. The number of para-hydroxylation sites is 2. The topological polar surface area (TPSA) is 59.6 Å². The SMILES string of the molecule is C/C(=C\NC(=O)NCC1COc2ccccc2O1)C(C)(C)C. The van der Waals surface area contributed by atoms with Gasteiger partial charge >= 0.3 is 6.03 Å². The molecule has 2 amide bonds. The lowest BCUT2D eigenvalue weighted by Gasteiger charge is -2.26. The van der Waals surface area contributed by atoms with Gasteiger partial charge in [-0.2, -0.15) is 0 Å². The Hall–Kier alpha value is -2.17. The van der Waals surface area contributed by atoms with Crippen LogP contribution >= 0.6 is 0 Å². The third kappa shape index (κ3) is 4.41. The van der Waals surface area contributed by atoms with Crippen molar-refractivity contribution in [1.29, 1.82) is 0 Å². The molecular formula is C17H24N2O3. The van der Waals surface area contributed by atoms with E-state index in [2.05, 4.69) is 31.4 Å². The molecule has 1 aromatic rings. The highest BCUT2D eigenvalue weighted by Crippen LogP contribution is 2.30. The normalized spacial score (nSPS) is 17.8. The highest BCUT2D eigenvalue weighted by Gasteiger charge is 2.21. The van der Waals surface area contributed by atoms with Gasteiger partial charge in [0.2, 0.25) is 0 Å². The summed E-state index contributed by atoms with van der Waals surface area (Å²) in [6, 6.07) is 7.28. The Morgan fingerprint density at radius 3 is 2.68 bits per heavy atom. The average molecular weight is 304 g/mol. The van der Waals surface area contributed by atoms with Gasteiger partial charge in [0.25, 0.3) is 0 Å². The van der Waals surface area contributed by atoms with Gasteiger partial charge in [-0.3, -0.25) is 0 Å². The molecule has 0 aromatic heterocycles. The number of urea groups is 1. The first kappa shape index (κ1) is 16.2. The molecule has 0 spiro atoms. The maximum Gasteiger partial charge on any atom is 0.318 e. The van der Waals surface area contributed by atoms with Crippen LogP contribution < -0.4 is 20.1 Å². The number of nitrogens with one attached hydrogen (secondary N) is 2. The van der Waals surface area contributed by atoms with Crippen molar-refractivity contribution in [2.45, 2.75) is 33.8 Å². The number of hydrogen-bond acceptors (Lipinski definition) is 3. The fourth-order valence-corrected chi connectivity index (χ4v) is 1.81. The van der Waals surface area contributed by atoms with Crippen LogP contribution in [0.2, 0.25) is 0 Å². The number of fused-ring (bicyclic) bond motifs is 1. The summed E-state index contributed by atoms with van der Waals surface area (Å²) in [7, 11) is 0. The molecule has 0 saturated carbocycles. The van der Waals surface area contributed by atoms with E-state index in [1.807, 2.05) is 31.2 Å². The van der Waals surface area contributed by atoms with E-state index in [0.29, 0.717) is 18.9 Å². The van der Waals surface area contributed by atoms with Crippen molar-refractivity contribution >= 4 is 6.03 Å². The number of ether oxygens (including phenoxy) is 2. The van der Waals surface area contributed by atoms with Crippen LogP contribution in [-0.4, -0.2) is 25.3 Å². The number of amides is 2. The van der Waals surface area contributed by atoms with Gasteiger partial charge in [0.15, 0.2) is 17.6 Å². The first-order valence-corrected chi connectivity index (χ1v) is 7.46. The minimum atomic E-state index is -0.244. The Morgan fingerprint density at radius 2 is 2.00 bits per heavy atom. The zero-order chi connectivity index (χ0) is 16.2. The summed E-state index contributed by atoms with van der Waals surface area (Å²) >= 11 is 0. The molecule has 120 valence electrons. The molecule has 0 aliphatic carbocycles. The Labute approximate surface area is 131 Å². The molecule has 1 aliphatic heterocycles. The fraction of sp³-hybridized carbons (Fsp3) is 0.471. The number of carbonyl (C=O) groups is 1.